The minimum atomic E-state index is -2.41. The highest BCUT2D eigenvalue weighted by Gasteiger charge is 2.97. The number of quaternary nitrogens is 1. The summed E-state index contributed by atoms with van der Waals surface area (Å²) in [4.78, 5) is 11.9. The van der Waals surface area contributed by atoms with E-state index in [2.05, 4.69) is 17.6 Å². The number of carbonyl (C=O) groups is 1. The quantitative estimate of drug-likeness (QED) is 0.237. The third-order valence-corrected chi connectivity index (χ3v) is 4.04. The van der Waals surface area contributed by atoms with Gasteiger partial charge in [0.05, 0.1) is 6.61 Å². The Balaban J connectivity index is 2.03. The normalized spacial score (nSPS) is 48.8. The molecule has 20 heavy (non-hydrogen) atoms. The molecule has 106 valence electrons. The third kappa shape index (κ3) is 1.14. The molecule has 7 nitrogen and oxygen atoms in total. The van der Waals surface area contributed by atoms with Crippen molar-refractivity contribution in [2.24, 2.45) is 0 Å². The Bertz CT molecular complexity index is 602. The first-order valence-electron chi connectivity index (χ1n) is 5.89. The van der Waals surface area contributed by atoms with E-state index in [9.17, 15) is 15.0 Å². The van der Waals surface area contributed by atoms with Gasteiger partial charge < -0.3 is 14.9 Å². The Kier molecular flexibility index (Phi) is 2.39. The fraction of sp³-hybridized carbons (Fsp3) is 0.417. The fourth-order valence-corrected chi connectivity index (χ4v) is 2.93. The number of amidine groups is 1. The van der Waals surface area contributed by atoms with Gasteiger partial charge in [0.1, 0.15) is 12.0 Å². The highest BCUT2D eigenvalue weighted by atomic mass is 19.2. The molecule has 3 heterocycles. The van der Waals surface area contributed by atoms with Crippen LogP contribution < -0.4 is 5.32 Å². The van der Waals surface area contributed by atoms with Crippen LogP contribution in [0.1, 0.15) is 0 Å². The zero-order valence-electron chi connectivity index (χ0n) is 10.3. The first kappa shape index (κ1) is 13.2. The molecule has 0 radical (unpaired) electrons. The summed E-state index contributed by atoms with van der Waals surface area (Å²) in [6.07, 6.45) is 0.505. The average Bonchev–Trinajstić information content (AvgIpc) is 2.83. The second kappa shape index (κ2) is 3.63. The summed E-state index contributed by atoms with van der Waals surface area (Å²) in [6.45, 7) is 2.64. The van der Waals surface area contributed by atoms with Gasteiger partial charge in [0, 0.05) is 6.08 Å². The van der Waals surface area contributed by atoms with E-state index in [0.29, 0.717) is 0 Å². The van der Waals surface area contributed by atoms with E-state index in [4.69, 9.17) is 10.1 Å². The van der Waals surface area contributed by atoms with Crippen molar-refractivity contribution in [3.63, 3.8) is 0 Å². The van der Waals surface area contributed by atoms with E-state index in [1.807, 2.05) is 0 Å². The number of hydrogen-bond donors (Lipinski definition) is 4. The second-order valence-corrected chi connectivity index (χ2v) is 5.00. The van der Waals surface area contributed by atoms with Gasteiger partial charge in [-0.2, -0.15) is 4.39 Å². The Labute approximate surface area is 113 Å². The van der Waals surface area contributed by atoms with Gasteiger partial charge in [-0.05, 0) is 6.08 Å². The zero-order valence-corrected chi connectivity index (χ0v) is 10.3. The molecule has 0 aliphatic carbocycles. The molecular formula is C12H13FN3O4+. The SMILES string of the molecule is C=C=C[C@]1(CO)O[C@@H]2[C@@](F)([C@@H]1O)[N+]21C=CC(=N)NC1=O. The Morgan fingerprint density at radius 1 is 1.75 bits per heavy atom. The van der Waals surface area contributed by atoms with Crippen molar-refractivity contribution < 1.29 is 28.6 Å². The summed E-state index contributed by atoms with van der Waals surface area (Å²) in [5, 5.41) is 29.0. The van der Waals surface area contributed by atoms with Gasteiger partial charge in [0.25, 0.3) is 0 Å². The number of ether oxygens (including phenoxy) is 1. The lowest BCUT2D eigenvalue weighted by Gasteiger charge is -2.32. The van der Waals surface area contributed by atoms with Crippen molar-refractivity contribution in [3.05, 3.63) is 30.7 Å². The molecule has 1 spiro atoms. The van der Waals surface area contributed by atoms with Gasteiger partial charge in [-0.15, -0.1) is 10.2 Å². The van der Waals surface area contributed by atoms with Crippen molar-refractivity contribution in [1.29, 1.82) is 5.41 Å². The number of nitrogens with one attached hydrogen (secondary N) is 2. The summed E-state index contributed by atoms with van der Waals surface area (Å²) in [6, 6.07) is -0.793. The van der Waals surface area contributed by atoms with Gasteiger partial charge in [-0.1, -0.05) is 6.58 Å². The second-order valence-electron chi connectivity index (χ2n) is 5.00. The van der Waals surface area contributed by atoms with Gasteiger partial charge in [0.2, 0.25) is 0 Å². The molecule has 0 aromatic rings. The molecule has 0 bridgehead atoms. The molecule has 0 saturated carbocycles. The molecule has 3 aliphatic heterocycles. The monoisotopic (exact) mass is 282 g/mol. The number of fused-ring (bicyclic) bond motifs is 3. The molecule has 5 atom stereocenters. The minimum absolute atomic E-state index is 0.166. The summed E-state index contributed by atoms with van der Waals surface area (Å²) in [5.41, 5.74) is 0.691. The van der Waals surface area contributed by atoms with Crippen LogP contribution >= 0.6 is 0 Å². The molecule has 2 saturated heterocycles. The molecule has 2 amide bonds. The van der Waals surface area contributed by atoms with Crippen LogP contribution in [0, 0.1) is 5.41 Å². The molecule has 4 N–H and O–H groups in total. The number of amides is 2. The lowest BCUT2D eigenvalue weighted by molar-refractivity contribution is -0.747. The summed E-state index contributed by atoms with van der Waals surface area (Å²) in [5.74, 6) is -2.57. The zero-order chi connectivity index (χ0) is 14.8. The highest BCUT2D eigenvalue weighted by Crippen LogP contribution is 2.64. The minimum Gasteiger partial charge on any atom is -0.393 e. The van der Waals surface area contributed by atoms with Crippen LogP contribution in [0.25, 0.3) is 0 Å². The molecule has 0 aromatic heterocycles. The number of nitrogens with zero attached hydrogens (tertiary/aromatic N) is 1. The summed E-state index contributed by atoms with van der Waals surface area (Å²) < 4.78 is 19.5. The van der Waals surface area contributed by atoms with Gasteiger partial charge in [-0.3, -0.25) is 10.7 Å². The number of hydrogen-bond acceptors (Lipinski definition) is 5. The predicted octanol–water partition coefficient (Wildman–Crippen LogP) is -0.514. The smallest absolute Gasteiger partial charge is 0.393 e. The molecule has 3 aliphatic rings. The third-order valence-electron chi connectivity index (χ3n) is 4.04. The maximum atomic E-state index is 15.0. The molecule has 3 rings (SSSR count). The van der Waals surface area contributed by atoms with Crippen molar-refractivity contribution in [2.45, 2.75) is 23.7 Å². The van der Waals surface area contributed by atoms with Crippen molar-refractivity contribution in [1.82, 2.24) is 5.32 Å². The van der Waals surface area contributed by atoms with E-state index < -0.39 is 40.8 Å². The summed E-state index contributed by atoms with van der Waals surface area (Å²) >= 11 is 0. The van der Waals surface area contributed by atoms with Gasteiger partial charge in [0.15, 0.2) is 11.7 Å². The maximum absolute atomic E-state index is 15.0. The molecule has 1 unspecified atom stereocenters. The van der Waals surface area contributed by atoms with Gasteiger partial charge >= 0.3 is 18.1 Å². The topological polar surface area (TPSA) is 103 Å². The van der Waals surface area contributed by atoms with Crippen LogP contribution in [0.5, 0.6) is 0 Å². The highest BCUT2D eigenvalue weighted by molar-refractivity contribution is 6.02. The Morgan fingerprint density at radius 2 is 2.45 bits per heavy atom. The maximum Gasteiger partial charge on any atom is 0.432 e. The lowest BCUT2D eigenvalue weighted by Crippen LogP contribution is -2.59. The van der Waals surface area contributed by atoms with Crippen molar-refractivity contribution >= 4 is 11.9 Å². The molecule has 8 heteroatoms. The summed E-state index contributed by atoms with van der Waals surface area (Å²) in [7, 11) is 0. The first-order valence-corrected chi connectivity index (χ1v) is 5.89. The number of aliphatic hydroxyl groups is 2. The first-order chi connectivity index (χ1) is 9.39. The van der Waals surface area contributed by atoms with Crippen LogP contribution in [0.4, 0.5) is 9.18 Å². The van der Waals surface area contributed by atoms with E-state index >= 15 is 4.39 Å². The number of aliphatic hydroxyl groups excluding tert-OH is 2. The van der Waals surface area contributed by atoms with Gasteiger partial charge in [-0.25, -0.2) is 4.79 Å². The molecule has 2 fully saturated rings. The average molecular weight is 282 g/mol. The van der Waals surface area contributed by atoms with Crippen LogP contribution in [0.15, 0.2) is 30.7 Å². The standard InChI is InChI=1S/C12H12FN3O4/c1-2-4-11(6-17)8(18)12(13)9(20-11)16(12)5-3-7(14)15-10(16)19/h3-5,8-9,17-18H,1,6H2,(H-,14,15,19)/p+1/t8-,9-,11-,12-,16?/m1/s1. The van der Waals surface area contributed by atoms with Crippen LogP contribution in [-0.4, -0.2) is 56.9 Å². The fourth-order valence-electron chi connectivity index (χ4n) is 2.93. The Morgan fingerprint density at radius 3 is 2.90 bits per heavy atom. The number of urea groups is 1. The Hall–Kier alpha value is -1.83. The number of alkyl halides is 1. The van der Waals surface area contributed by atoms with Crippen LogP contribution in [0.3, 0.4) is 0 Å². The predicted molar refractivity (Wildman–Crippen MR) is 63.9 cm³/mol. The van der Waals surface area contributed by atoms with E-state index in [1.54, 1.807) is 0 Å². The number of rotatable bonds is 2. The number of carbonyl (C=O) groups excluding carboxylic acids is 1. The van der Waals surface area contributed by atoms with Crippen LogP contribution in [0.2, 0.25) is 0 Å². The van der Waals surface area contributed by atoms with Crippen molar-refractivity contribution in [2.75, 3.05) is 6.61 Å². The van der Waals surface area contributed by atoms with E-state index in [1.165, 1.54) is 12.3 Å². The van der Waals surface area contributed by atoms with Crippen molar-refractivity contribution in [3.8, 4) is 0 Å². The lowest BCUT2D eigenvalue weighted by atomic mass is 9.95. The molecule has 0 aromatic carbocycles. The largest absolute Gasteiger partial charge is 0.432 e. The van der Waals surface area contributed by atoms with Crippen LogP contribution in [-0.2, 0) is 4.74 Å². The molecular weight excluding hydrogens is 269 g/mol. The van der Waals surface area contributed by atoms with E-state index in [0.717, 1.165) is 6.08 Å². The van der Waals surface area contributed by atoms with E-state index in [-0.39, 0.29) is 5.84 Å². The number of halogens is 1.